The Labute approximate surface area is 102 Å². The van der Waals surface area contributed by atoms with Gasteiger partial charge in [-0.3, -0.25) is 0 Å². The van der Waals surface area contributed by atoms with E-state index in [2.05, 4.69) is 12.2 Å². The van der Waals surface area contributed by atoms with E-state index < -0.39 is 0 Å². The van der Waals surface area contributed by atoms with Crippen molar-refractivity contribution in [1.82, 2.24) is 5.32 Å². The Kier molecular flexibility index (Phi) is 3.41. The largest absolute Gasteiger partial charge is 0.486 e. The molecule has 2 nitrogen and oxygen atoms in total. The van der Waals surface area contributed by atoms with Crippen LogP contribution in [0.5, 0.6) is 5.75 Å². The molecule has 3 heteroatoms. The molecule has 0 spiro atoms. The predicted molar refractivity (Wildman–Crippen MR) is 67.3 cm³/mol. The molecule has 0 aromatic heterocycles. The minimum Gasteiger partial charge on any atom is -0.486 e. The van der Waals surface area contributed by atoms with Gasteiger partial charge in [0.1, 0.15) is 11.4 Å². The van der Waals surface area contributed by atoms with E-state index >= 15 is 0 Å². The van der Waals surface area contributed by atoms with Crippen LogP contribution in [0, 0.1) is 6.92 Å². The van der Waals surface area contributed by atoms with Gasteiger partial charge >= 0.3 is 0 Å². The Morgan fingerprint density at radius 1 is 1.44 bits per heavy atom. The first-order valence-electron chi connectivity index (χ1n) is 5.75. The van der Waals surface area contributed by atoms with Crippen LogP contribution in [0.3, 0.4) is 0 Å². The Morgan fingerprint density at radius 2 is 2.25 bits per heavy atom. The molecule has 1 fully saturated rings. The molecule has 1 heterocycles. The van der Waals surface area contributed by atoms with Gasteiger partial charge in [0.2, 0.25) is 0 Å². The van der Waals surface area contributed by atoms with Crippen LogP contribution in [0.15, 0.2) is 18.2 Å². The summed E-state index contributed by atoms with van der Waals surface area (Å²) in [6.45, 7) is 6.20. The zero-order valence-corrected chi connectivity index (χ0v) is 10.6. The summed E-state index contributed by atoms with van der Waals surface area (Å²) in [7, 11) is 0. The molecule has 1 atom stereocenters. The van der Waals surface area contributed by atoms with Crippen molar-refractivity contribution in [2.45, 2.75) is 32.3 Å². The number of piperidine rings is 1. The molecule has 0 saturated carbocycles. The molecule has 1 unspecified atom stereocenters. The quantitative estimate of drug-likeness (QED) is 0.856. The average Bonchev–Trinajstić information content (AvgIpc) is 2.23. The fraction of sp³-hybridized carbons (Fsp3) is 0.538. The molecule has 1 aromatic rings. The van der Waals surface area contributed by atoms with E-state index in [0.29, 0.717) is 0 Å². The summed E-state index contributed by atoms with van der Waals surface area (Å²) in [5.74, 6) is 0.940. The van der Waals surface area contributed by atoms with Gasteiger partial charge in [0.15, 0.2) is 0 Å². The van der Waals surface area contributed by atoms with E-state index in [1.165, 1.54) is 6.42 Å². The van der Waals surface area contributed by atoms with Crippen molar-refractivity contribution in [3.63, 3.8) is 0 Å². The number of ether oxygens (including phenoxy) is 1. The van der Waals surface area contributed by atoms with Crippen LogP contribution in [-0.4, -0.2) is 18.7 Å². The first-order chi connectivity index (χ1) is 7.59. The van der Waals surface area contributed by atoms with Crippen LogP contribution in [-0.2, 0) is 0 Å². The molecule has 16 heavy (non-hydrogen) atoms. The van der Waals surface area contributed by atoms with Gasteiger partial charge in [-0.05, 0) is 57.0 Å². The van der Waals surface area contributed by atoms with E-state index in [1.807, 2.05) is 25.1 Å². The number of nitrogens with one attached hydrogen (secondary N) is 1. The van der Waals surface area contributed by atoms with Crippen molar-refractivity contribution in [2.75, 3.05) is 13.1 Å². The van der Waals surface area contributed by atoms with Crippen LogP contribution in [0.25, 0.3) is 0 Å². The number of aryl methyl sites for hydroxylation is 1. The molecule has 0 radical (unpaired) electrons. The Hall–Kier alpha value is -0.730. The van der Waals surface area contributed by atoms with Gasteiger partial charge in [0, 0.05) is 11.6 Å². The molecule has 0 aliphatic carbocycles. The van der Waals surface area contributed by atoms with Crippen LogP contribution in [0.4, 0.5) is 0 Å². The Balaban J connectivity index is 2.13. The Morgan fingerprint density at radius 3 is 2.88 bits per heavy atom. The smallest absolute Gasteiger partial charge is 0.123 e. The number of hydrogen-bond donors (Lipinski definition) is 1. The SMILES string of the molecule is Cc1cc(Cl)ccc1OC1(C)CCCNC1. The molecule has 1 saturated heterocycles. The second kappa shape index (κ2) is 4.64. The highest BCUT2D eigenvalue weighted by Gasteiger charge is 2.28. The summed E-state index contributed by atoms with van der Waals surface area (Å²) >= 11 is 5.93. The van der Waals surface area contributed by atoms with E-state index in [-0.39, 0.29) is 5.60 Å². The second-order valence-electron chi connectivity index (χ2n) is 4.74. The molecule has 0 bridgehead atoms. The molecule has 2 rings (SSSR count). The monoisotopic (exact) mass is 239 g/mol. The lowest BCUT2D eigenvalue weighted by atomic mass is 9.96. The van der Waals surface area contributed by atoms with E-state index in [0.717, 1.165) is 35.8 Å². The van der Waals surface area contributed by atoms with Crippen molar-refractivity contribution in [2.24, 2.45) is 0 Å². The van der Waals surface area contributed by atoms with Crippen LogP contribution in [0.1, 0.15) is 25.3 Å². The Bertz CT molecular complexity index is 372. The standard InChI is InChI=1S/C13H18ClNO/c1-10-8-11(14)4-5-12(10)16-13(2)6-3-7-15-9-13/h4-5,8,15H,3,6-7,9H2,1-2H3. The predicted octanol–water partition coefficient (Wildman–Crippen LogP) is 3.17. The maximum Gasteiger partial charge on any atom is 0.123 e. The van der Waals surface area contributed by atoms with Crippen molar-refractivity contribution >= 4 is 11.6 Å². The van der Waals surface area contributed by atoms with Crippen LogP contribution < -0.4 is 10.1 Å². The third-order valence-corrected chi connectivity index (χ3v) is 3.29. The lowest BCUT2D eigenvalue weighted by Crippen LogP contribution is -2.47. The molecule has 1 N–H and O–H groups in total. The highest BCUT2D eigenvalue weighted by atomic mass is 35.5. The first kappa shape index (κ1) is 11.7. The molecule has 1 aliphatic heterocycles. The number of hydrogen-bond acceptors (Lipinski definition) is 2. The van der Waals surface area contributed by atoms with Gasteiger partial charge in [0.25, 0.3) is 0 Å². The molecular formula is C13H18ClNO. The fourth-order valence-electron chi connectivity index (χ4n) is 2.11. The van der Waals surface area contributed by atoms with Gasteiger partial charge < -0.3 is 10.1 Å². The normalized spacial score (nSPS) is 25.4. The van der Waals surface area contributed by atoms with Gasteiger partial charge in [-0.2, -0.15) is 0 Å². The number of rotatable bonds is 2. The summed E-state index contributed by atoms with van der Waals surface area (Å²) in [5.41, 5.74) is 1.01. The molecule has 88 valence electrons. The summed E-state index contributed by atoms with van der Waals surface area (Å²) in [5, 5.41) is 4.14. The highest BCUT2D eigenvalue weighted by Crippen LogP contribution is 2.28. The minimum absolute atomic E-state index is 0.0865. The van der Waals surface area contributed by atoms with Crippen LogP contribution >= 0.6 is 11.6 Å². The lowest BCUT2D eigenvalue weighted by Gasteiger charge is -2.35. The maximum atomic E-state index is 6.11. The van der Waals surface area contributed by atoms with Gasteiger partial charge in [0.05, 0.1) is 0 Å². The van der Waals surface area contributed by atoms with Crippen LogP contribution in [0.2, 0.25) is 5.02 Å². The second-order valence-corrected chi connectivity index (χ2v) is 5.18. The summed E-state index contributed by atoms with van der Waals surface area (Å²) in [4.78, 5) is 0. The van der Waals surface area contributed by atoms with Gasteiger partial charge in [-0.1, -0.05) is 11.6 Å². The maximum absolute atomic E-state index is 6.11. The van der Waals surface area contributed by atoms with Crippen molar-refractivity contribution in [3.8, 4) is 5.75 Å². The molecule has 0 amide bonds. The third-order valence-electron chi connectivity index (χ3n) is 3.05. The minimum atomic E-state index is -0.0865. The van der Waals surface area contributed by atoms with E-state index in [9.17, 15) is 0 Å². The fourth-order valence-corrected chi connectivity index (χ4v) is 2.34. The zero-order valence-electron chi connectivity index (χ0n) is 9.85. The molecule has 1 aliphatic rings. The number of benzene rings is 1. The lowest BCUT2D eigenvalue weighted by molar-refractivity contribution is 0.0607. The summed E-state index contributed by atoms with van der Waals surface area (Å²) in [6.07, 6.45) is 2.27. The topological polar surface area (TPSA) is 21.3 Å². The molecular weight excluding hydrogens is 222 g/mol. The van der Waals surface area contributed by atoms with Crippen molar-refractivity contribution < 1.29 is 4.74 Å². The first-order valence-corrected chi connectivity index (χ1v) is 6.13. The average molecular weight is 240 g/mol. The highest BCUT2D eigenvalue weighted by molar-refractivity contribution is 6.30. The molecule has 1 aromatic carbocycles. The third kappa shape index (κ3) is 2.69. The van der Waals surface area contributed by atoms with Crippen molar-refractivity contribution in [3.05, 3.63) is 28.8 Å². The summed E-state index contributed by atoms with van der Waals surface area (Å²) < 4.78 is 6.11. The van der Waals surface area contributed by atoms with Gasteiger partial charge in [-0.15, -0.1) is 0 Å². The van der Waals surface area contributed by atoms with E-state index in [1.54, 1.807) is 0 Å². The number of halogens is 1. The zero-order chi connectivity index (χ0) is 11.6. The summed E-state index contributed by atoms with van der Waals surface area (Å²) in [6, 6.07) is 5.78. The van der Waals surface area contributed by atoms with Gasteiger partial charge in [-0.25, -0.2) is 0 Å². The van der Waals surface area contributed by atoms with E-state index in [4.69, 9.17) is 16.3 Å². The van der Waals surface area contributed by atoms with Crippen molar-refractivity contribution in [1.29, 1.82) is 0 Å².